The highest BCUT2D eigenvalue weighted by Gasteiger charge is 2.20. The maximum atomic E-state index is 11.3. The van der Waals surface area contributed by atoms with Crippen LogP contribution in [0.2, 0.25) is 0 Å². The van der Waals surface area contributed by atoms with Crippen molar-refractivity contribution in [2.24, 2.45) is 4.99 Å². The third-order valence-corrected chi connectivity index (χ3v) is 3.71. The summed E-state index contributed by atoms with van der Waals surface area (Å²) < 4.78 is 28.0. The molecule has 1 aliphatic heterocycles. The summed E-state index contributed by atoms with van der Waals surface area (Å²) in [4.78, 5) is 3.88. The summed E-state index contributed by atoms with van der Waals surface area (Å²) in [5, 5.41) is 10.4. The van der Waals surface area contributed by atoms with E-state index in [0.717, 1.165) is 5.41 Å². The van der Waals surface area contributed by atoms with E-state index in [2.05, 4.69) is 4.99 Å². The van der Waals surface area contributed by atoms with Gasteiger partial charge in [-0.3, -0.25) is 0 Å². The van der Waals surface area contributed by atoms with Crippen LogP contribution in [0.25, 0.3) is 0 Å². The molecule has 6 heteroatoms. The Morgan fingerprint density at radius 2 is 2.18 bits per heavy atom. The Bertz CT molecular complexity index is 602. The zero-order valence-corrected chi connectivity index (χ0v) is 9.94. The molecule has 0 saturated heterocycles. The van der Waals surface area contributed by atoms with E-state index in [1.165, 1.54) is 19.1 Å². The smallest absolute Gasteiger partial charge is 0.214 e. The van der Waals surface area contributed by atoms with Crippen molar-refractivity contribution in [1.82, 2.24) is 0 Å². The largest absolute Gasteiger partial charge is 0.508 e. The van der Waals surface area contributed by atoms with Crippen LogP contribution in [-0.4, -0.2) is 25.2 Å². The van der Waals surface area contributed by atoms with Crippen LogP contribution >= 0.6 is 0 Å². The van der Waals surface area contributed by atoms with Crippen molar-refractivity contribution in [3.63, 3.8) is 0 Å². The van der Waals surface area contributed by atoms with Crippen LogP contribution < -0.4 is 4.74 Å². The first-order valence-corrected chi connectivity index (χ1v) is 6.45. The Morgan fingerprint density at radius 3 is 2.76 bits per heavy atom. The standard InChI is InChI=1S/C11H11NO4S/c1-8-12-9(7-17(8,14)15)6-16-11-4-2-3-10(13)5-11/h2-5,7,13H,6H2,1H3. The lowest BCUT2D eigenvalue weighted by atomic mass is 10.3. The highest BCUT2D eigenvalue weighted by molar-refractivity contribution is 8.09. The lowest BCUT2D eigenvalue weighted by molar-refractivity contribution is 0.348. The highest BCUT2D eigenvalue weighted by atomic mass is 32.2. The van der Waals surface area contributed by atoms with Crippen molar-refractivity contribution in [3.05, 3.63) is 35.4 Å². The molecular formula is C11H11NO4S. The maximum absolute atomic E-state index is 11.3. The molecule has 1 heterocycles. The van der Waals surface area contributed by atoms with Crippen LogP contribution in [0, 0.1) is 0 Å². The SMILES string of the molecule is CC1=NC(COc2cccc(O)c2)=CS1(=O)=O. The molecule has 0 bridgehead atoms. The number of rotatable bonds is 3. The van der Waals surface area contributed by atoms with E-state index >= 15 is 0 Å². The lowest BCUT2D eigenvalue weighted by Gasteiger charge is -2.04. The average molecular weight is 253 g/mol. The first-order valence-electron chi connectivity index (χ1n) is 4.90. The summed E-state index contributed by atoms with van der Waals surface area (Å²) >= 11 is 0. The highest BCUT2D eigenvalue weighted by Crippen LogP contribution is 2.20. The van der Waals surface area contributed by atoms with Crippen molar-refractivity contribution < 1.29 is 18.3 Å². The molecule has 1 aliphatic rings. The van der Waals surface area contributed by atoms with E-state index in [-0.39, 0.29) is 17.4 Å². The van der Waals surface area contributed by atoms with Gasteiger partial charge in [0.25, 0.3) is 0 Å². The second kappa shape index (κ2) is 4.21. The molecule has 0 atom stereocenters. The Hall–Kier alpha value is -1.82. The van der Waals surface area contributed by atoms with Crippen LogP contribution in [-0.2, 0) is 9.84 Å². The fourth-order valence-corrected chi connectivity index (χ4v) is 2.25. The summed E-state index contributed by atoms with van der Waals surface area (Å²) in [5.74, 6) is 0.554. The Kier molecular flexibility index (Phi) is 2.89. The molecule has 0 amide bonds. The average Bonchev–Trinajstić information content (AvgIpc) is 2.50. The van der Waals surface area contributed by atoms with E-state index in [4.69, 9.17) is 4.74 Å². The third-order valence-electron chi connectivity index (χ3n) is 2.21. The van der Waals surface area contributed by atoms with Gasteiger partial charge in [-0.05, 0) is 19.1 Å². The summed E-state index contributed by atoms with van der Waals surface area (Å²) in [7, 11) is -3.33. The topological polar surface area (TPSA) is 76.0 Å². The van der Waals surface area contributed by atoms with Crippen molar-refractivity contribution in [2.45, 2.75) is 6.92 Å². The maximum Gasteiger partial charge on any atom is 0.214 e. The molecule has 0 fully saturated rings. The molecule has 0 spiro atoms. The second-order valence-electron chi connectivity index (χ2n) is 3.57. The number of ether oxygens (including phenoxy) is 1. The zero-order valence-electron chi connectivity index (χ0n) is 9.12. The molecule has 2 rings (SSSR count). The summed E-state index contributed by atoms with van der Waals surface area (Å²) in [6.07, 6.45) is 0. The van der Waals surface area contributed by atoms with Crippen molar-refractivity contribution in [3.8, 4) is 11.5 Å². The minimum Gasteiger partial charge on any atom is -0.508 e. The van der Waals surface area contributed by atoms with E-state index in [9.17, 15) is 13.5 Å². The second-order valence-corrected chi connectivity index (χ2v) is 5.49. The molecule has 1 N–H and O–H groups in total. The molecule has 5 nitrogen and oxygen atoms in total. The predicted molar refractivity (Wildman–Crippen MR) is 63.7 cm³/mol. The quantitative estimate of drug-likeness (QED) is 0.884. The van der Waals surface area contributed by atoms with Crippen LogP contribution in [0.5, 0.6) is 11.5 Å². The number of sulfone groups is 1. The van der Waals surface area contributed by atoms with Gasteiger partial charge in [0.05, 0.1) is 11.1 Å². The number of nitrogens with zero attached hydrogens (tertiary/aromatic N) is 1. The lowest BCUT2D eigenvalue weighted by Crippen LogP contribution is -2.01. The summed E-state index contributed by atoms with van der Waals surface area (Å²) in [5.41, 5.74) is 0.353. The number of aromatic hydroxyl groups is 1. The van der Waals surface area contributed by atoms with Gasteiger partial charge in [-0.2, -0.15) is 0 Å². The van der Waals surface area contributed by atoms with E-state index in [1.807, 2.05) is 0 Å². The molecule has 1 aromatic carbocycles. The molecule has 0 radical (unpaired) electrons. The molecule has 0 aromatic heterocycles. The number of hydrogen-bond donors (Lipinski definition) is 1. The van der Waals surface area contributed by atoms with Crippen LogP contribution in [0.3, 0.4) is 0 Å². The number of benzene rings is 1. The first kappa shape index (κ1) is 11.7. The number of aliphatic imine (C=N–C) groups is 1. The Labute approximate surface area is 99.0 Å². The number of phenols is 1. The molecule has 0 unspecified atom stereocenters. The van der Waals surface area contributed by atoms with Gasteiger partial charge in [0.15, 0.2) is 0 Å². The fraction of sp³-hybridized carbons (Fsp3) is 0.182. The predicted octanol–water partition coefficient (Wildman–Crippen LogP) is 1.46. The summed E-state index contributed by atoms with van der Waals surface area (Å²) in [6, 6.07) is 6.27. The number of hydrogen-bond acceptors (Lipinski definition) is 5. The summed E-state index contributed by atoms with van der Waals surface area (Å²) in [6.45, 7) is 1.49. The normalized spacial score (nSPS) is 17.5. The van der Waals surface area contributed by atoms with Crippen molar-refractivity contribution >= 4 is 14.9 Å². The van der Waals surface area contributed by atoms with Crippen LogP contribution in [0.15, 0.2) is 40.4 Å². The van der Waals surface area contributed by atoms with E-state index in [1.54, 1.807) is 12.1 Å². The van der Waals surface area contributed by atoms with Crippen molar-refractivity contribution in [1.29, 1.82) is 0 Å². The molecule has 0 saturated carbocycles. The molecule has 17 heavy (non-hydrogen) atoms. The van der Waals surface area contributed by atoms with Gasteiger partial charge >= 0.3 is 0 Å². The first-order chi connectivity index (χ1) is 7.97. The van der Waals surface area contributed by atoms with Gasteiger partial charge in [0, 0.05) is 6.07 Å². The van der Waals surface area contributed by atoms with E-state index < -0.39 is 9.84 Å². The van der Waals surface area contributed by atoms with Gasteiger partial charge in [0.2, 0.25) is 9.84 Å². The minimum absolute atomic E-state index is 0.0556. The Morgan fingerprint density at radius 1 is 1.41 bits per heavy atom. The molecular weight excluding hydrogens is 242 g/mol. The van der Waals surface area contributed by atoms with Crippen LogP contribution in [0.1, 0.15) is 6.92 Å². The molecule has 1 aromatic rings. The number of phenolic OH excluding ortho intramolecular Hbond substituents is 1. The van der Waals surface area contributed by atoms with E-state index in [0.29, 0.717) is 11.4 Å². The Balaban J connectivity index is 2.06. The third kappa shape index (κ3) is 2.65. The monoisotopic (exact) mass is 253 g/mol. The van der Waals surface area contributed by atoms with Gasteiger partial charge in [-0.1, -0.05) is 6.07 Å². The van der Waals surface area contributed by atoms with Crippen molar-refractivity contribution in [2.75, 3.05) is 6.61 Å². The van der Waals surface area contributed by atoms with Gasteiger partial charge in [0.1, 0.15) is 23.1 Å². The molecule has 90 valence electrons. The van der Waals surface area contributed by atoms with Crippen LogP contribution in [0.4, 0.5) is 0 Å². The zero-order chi connectivity index (χ0) is 12.5. The minimum atomic E-state index is -3.33. The van der Waals surface area contributed by atoms with Gasteiger partial charge in [-0.15, -0.1) is 0 Å². The van der Waals surface area contributed by atoms with Gasteiger partial charge in [-0.25, -0.2) is 13.4 Å². The van der Waals surface area contributed by atoms with Gasteiger partial charge < -0.3 is 9.84 Å². The molecule has 0 aliphatic carbocycles. The fourth-order valence-electron chi connectivity index (χ4n) is 1.35.